The van der Waals surface area contributed by atoms with Gasteiger partial charge in [0.15, 0.2) is 0 Å². The topological polar surface area (TPSA) is 3.24 Å². The zero-order chi connectivity index (χ0) is 17.2. The van der Waals surface area contributed by atoms with Gasteiger partial charge in [0.05, 0.1) is 0 Å². The van der Waals surface area contributed by atoms with Gasteiger partial charge < -0.3 is 4.90 Å². The van der Waals surface area contributed by atoms with E-state index < -0.39 is 0 Å². The summed E-state index contributed by atoms with van der Waals surface area (Å²) in [6.07, 6.45) is 22.8. The first kappa shape index (κ1) is 23.0. The van der Waals surface area contributed by atoms with Crippen LogP contribution in [0.15, 0.2) is 0 Å². The largest absolute Gasteiger partial charge is 0.304 e. The maximum Gasteiger partial charge on any atom is 0.00638 e. The van der Waals surface area contributed by atoms with Crippen LogP contribution in [0, 0.1) is 0 Å². The highest BCUT2D eigenvalue weighted by atomic mass is 15.1. The van der Waals surface area contributed by atoms with Gasteiger partial charge in [-0.2, -0.15) is 0 Å². The van der Waals surface area contributed by atoms with Gasteiger partial charge >= 0.3 is 0 Å². The van der Waals surface area contributed by atoms with Crippen LogP contribution in [0.25, 0.3) is 0 Å². The molecule has 0 aliphatic carbocycles. The van der Waals surface area contributed by atoms with Gasteiger partial charge in [0.25, 0.3) is 0 Å². The van der Waals surface area contributed by atoms with Gasteiger partial charge in [-0.3, -0.25) is 0 Å². The lowest BCUT2D eigenvalue weighted by Gasteiger charge is -2.24. The Hall–Kier alpha value is -0.0400. The summed E-state index contributed by atoms with van der Waals surface area (Å²) < 4.78 is 0. The monoisotopic (exact) mass is 325 g/mol. The van der Waals surface area contributed by atoms with Crippen LogP contribution in [0.4, 0.5) is 0 Å². The standard InChI is InChI=1S/C22H47N/c1-5-7-9-11-13-15-17-19-21-23(4)22(3)20-18-16-14-12-10-8-6-2/h22H,5-21H2,1-4H3. The molecule has 0 heterocycles. The van der Waals surface area contributed by atoms with Crippen LogP contribution in [0.2, 0.25) is 0 Å². The quantitative estimate of drug-likeness (QED) is 0.235. The van der Waals surface area contributed by atoms with E-state index in [9.17, 15) is 0 Å². The third-order valence-corrected chi connectivity index (χ3v) is 5.34. The minimum atomic E-state index is 0.773. The molecule has 0 N–H and O–H groups in total. The molecule has 0 spiro atoms. The molecule has 23 heavy (non-hydrogen) atoms. The second-order valence-corrected chi connectivity index (χ2v) is 7.71. The Morgan fingerprint density at radius 2 is 0.957 bits per heavy atom. The SMILES string of the molecule is CCCCCCCCCCN(C)C(C)CCCCCCCCC. The molecule has 0 fully saturated rings. The Labute approximate surface area is 148 Å². The molecule has 0 aromatic carbocycles. The molecule has 0 bridgehead atoms. The second-order valence-electron chi connectivity index (χ2n) is 7.71. The Balaban J connectivity index is 3.33. The molecule has 0 aromatic heterocycles. The first-order valence-corrected chi connectivity index (χ1v) is 10.9. The highest BCUT2D eigenvalue weighted by molar-refractivity contribution is 4.64. The van der Waals surface area contributed by atoms with Gasteiger partial charge in [-0.1, -0.05) is 104 Å². The van der Waals surface area contributed by atoms with Crippen molar-refractivity contribution in [1.29, 1.82) is 0 Å². The maximum atomic E-state index is 2.59. The summed E-state index contributed by atoms with van der Waals surface area (Å²) in [5.41, 5.74) is 0. The van der Waals surface area contributed by atoms with Gasteiger partial charge in [-0.05, 0) is 33.4 Å². The van der Waals surface area contributed by atoms with Gasteiger partial charge in [0, 0.05) is 6.04 Å². The van der Waals surface area contributed by atoms with Crippen molar-refractivity contribution in [2.45, 2.75) is 130 Å². The van der Waals surface area contributed by atoms with Gasteiger partial charge in [-0.15, -0.1) is 0 Å². The zero-order valence-corrected chi connectivity index (χ0v) is 17.0. The van der Waals surface area contributed by atoms with Crippen molar-refractivity contribution in [2.24, 2.45) is 0 Å². The summed E-state index contributed by atoms with van der Waals surface area (Å²) in [7, 11) is 2.33. The summed E-state index contributed by atoms with van der Waals surface area (Å²) in [6, 6.07) is 0.773. The van der Waals surface area contributed by atoms with Crippen LogP contribution in [0.3, 0.4) is 0 Å². The van der Waals surface area contributed by atoms with Crippen molar-refractivity contribution >= 4 is 0 Å². The number of nitrogens with zero attached hydrogens (tertiary/aromatic N) is 1. The predicted molar refractivity (Wildman–Crippen MR) is 107 cm³/mol. The van der Waals surface area contributed by atoms with E-state index in [4.69, 9.17) is 0 Å². The lowest BCUT2D eigenvalue weighted by atomic mass is 10.0. The van der Waals surface area contributed by atoms with Crippen LogP contribution < -0.4 is 0 Å². The lowest BCUT2D eigenvalue weighted by molar-refractivity contribution is 0.236. The van der Waals surface area contributed by atoms with Crippen molar-refractivity contribution in [3.63, 3.8) is 0 Å². The van der Waals surface area contributed by atoms with E-state index in [-0.39, 0.29) is 0 Å². The number of unbranched alkanes of at least 4 members (excludes halogenated alkanes) is 13. The van der Waals surface area contributed by atoms with Crippen molar-refractivity contribution in [3.8, 4) is 0 Å². The third kappa shape index (κ3) is 16.6. The number of hydrogen-bond donors (Lipinski definition) is 0. The molecule has 1 heteroatoms. The molecule has 0 radical (unpaired) electrons. The fourth-order valence-corrected chi connectivity index (χ4v) is 3.33. The highest BCUT2D eigenvalue weighted by Crippen LogP contribution is 2.13. The molecule has 0 aromatic rings. The summed E-state index contributed by atoms with van der Waals surface area (Å²) in [5, 5.41) is 0. The van der Waals surface area contributed by atoms with Gasteiger partial charge in [-0.25, -0.2) is 0 Å². The van der Waals surface area contributed by atoms with E-state index in [0.717, 1.165) is 6.04 Å². The van der Waals surface area contributed by atoms with Gasteiger partial charge in [0.2, 0.25) is 0 Å². The smallest absolute Gasteiger partial charge is 0.00638 e. The van der Waals surface area contributed by atoms with E-state index >= 15 is 0 Å². The first-order valence-electron chi connectivity index (χ1n) is 10.9. The van der Waals surface area contributed by atoms with Crippen LogP contribution in [0.1, 0.15) is 124 Å². The van der Waals surface area contributed by atoms with E-state index in [1.807, 2.05) is 0 Å². The summed E-state index contributed by atoms with van der Waals surface area (Å²) in [6.45, 7) is 8.31. The normalized spacial score (nSPS) is 12.9. The first-order chi connectivity index (χ1) is 11.2. The van der Waals surface area contributed by atoms with Crippen molar-refractivity contribution in [1.82, 2.24) is 4.90 Å². The molecule has 0 amide bonds. The van der Waals surface area contributed by atoms with E-state index in [1.165, 1.54) is 109 Å². The van der Waals surface area contributed by atoms with Crippen LogP contribution in [0.5, 0.6) is 0 Å². The van der Waals surface area contributed by atoms with Crippen molar-refractivity contribution in [2.75, 3.05) is 13.6 Å². The molecule has 140 valence electrons. The van der Waals surface area contributed by atoms with Crippen LogP contribution in [-0.2, 0) is 0 Å². The minimum Gasteiger partial charge on any atom is -0.304 e. The molecule has 0 aliphatic rings. The Bertz CT molecular complexity index is 214. The fourth-order valence-electron chi connectivity index (χ4n) is 3.33. The van der Waals surface area contributed by atoms with Crippen LogP contribution >= 0.6 is 0 Å². The molecule has 0 rings (SSSR count). The molecule has 0 aliphatic heterocycles. The molecule has 0 saturated heterocycles. The number of hydrogen-bond acceptors (Lipinski definition) is 1. The van der Waals surface area contributed by atoms with Crippen molar-refractivity contribution < 1.29 is 0 Å². The highest BCUT2D eigenvalue weighted by Gasteiger charge is 2.08. The maximum absolute atomic E-state index is 2.59. The summed E-state index contributed by atoms with van der Waals surface area (Å²) >= 11 is 0. The summed E-state index contributed by atoms with van der Waals surface area (Å²) in [4.78, 5) is 2.59. The summed E-state index contributed by atoms with van der Waals surface area (Å²) in [5.74, 6) is 0. The van der Waals surface area contributed by atoms with E-state index in [1.54, 1.807) is 0 Å². The minimum absolute atomic E-state index is 0.773. The van der Waals surface area contributed by atoms with E-state index in [0.29, 0.717) is 0 Å². The Morgan fingerprint density at radius 3 is 1.43 bits per heavy atom. The average molecular weight is 326 g/mol. The van der Waals surface area contributed by atoms with Crippen molar-refractivity contribution in [3.05, 3.63) is 0 Å². The molecule has 0 saturated carbocycles. The Kier molecular flexibility index (Phi) is 18.3. The molecule has 1 nitrogen and oxygen atoms in total. The number of rotatable bonds is 18. The fraction of sp³-hybridized carbons (Fsp3) is 1.00. The average Bonchev–Trinajstić information content (AvgIpc) is 2.56. The second kappa shape index (κ2) is 18.3. The Morgan fingerprint density at radius 1 is 0.565 bits per heavy atom. The zero-order valence-electron chi connectivity index (χ0n) is 17.0. The van der Waals surface area contributed by atoms with Crippen LogP contribution in [-0.4, -0.2) is 24.5 Å². The molecular formula is C22H47N. The van der Waals surface area contributed by atoms with Gasteiger partial charge in [0.1, 0.15) is 0 Å². The molecule has 1 unspecified atom stereocenters. The lowest BCUT2D eigenvalue weighted by Crippen LogP contribution is -2.29. The third-order valence-electron chi connectivity index (χ3n) is 5.34. The van der Waals surface area contributed by atoms with E-state index in [2.05, 4.69) is 32.7 Å². The molecule has 1 atom stereocenters. The predicted octanol–water partition coefficient (Wildman–Crippen LogP) is 7.59. The molecular weight excluding hydrogens is 278 g/mol.